The zero-order valence-electron chi connectivity index (χ0n) is 13.0. The van der Waals surface area contributed by atoms with Crippen molar-refractivity contribution >= 4 is 28.0 Å². The fourth-order valence-electron chi connectivity index (χ4n) is 3.41. The largest absolute Gasteiger partial charge is 0.440 e. The summed E-state index contributed by atoms with van der Waals surface area (Å²) in [5.74, 6) is 2.16. The lowest BCUT2D eigenvalue weighted by atomic mass is 9.96. The Hall–Kier alpha value is -2.96. The van der Waals surface area contributed by atoms with E-state index in [2.05, 4.69) is 30.0 Å². The van der Waals surface area contributed by atoms with Crippen LogP contribution in [0.25, 0.3) is 22.1 Å². The first-order valence-electron chi connectivity index (χ1n) is 8.13. The highest BCUT2D eigenvalue weighted by atomic mass is 16.3. The number of oxazole rings is 1. The van der Waals surface area contributed by atoms with E-state index < -0.39 is 0 Å². The number of benzene rings is 1. The molecule has 4 heterocycles. The van der Waals surface area contributed by atoms with Crippen molar-refractivity contribution in [2.75, 3.05) is 18.0 Å². The van der Waals surface area contributed by atoms with Gasteiger partial charge in [0.25, 0.3) is 0 Å². The number of H-pyrrole nitrogens is 1. The molecule has 120 valence electrons. The van der Waals surface area contributed by atoms with Crippen molar-refractivity contribution in [2.24, 2.45) is 0 Å². The van der Waals surface area contributed by atoms with Gasteiger partial charge in [-0.15, -0.1) is 0 Å². The van der Waals surface area contributed by atoms with Gasteiger partial charge in [-0.3, -0.25) is 5.10 Å². The number of piperidine rings is 1. The van der Waals surface area contributed by atoms with Gasteiger partial charge in [0, 0.05) is 19.0 Å². The standard InChI is InChI=1S/C17H16N6O/c1-2-4-14-13(3-1)21-17(24-14)11-5-7-23(8-6-11)16-12-9-20-22-15(12)18-10-19-16/h1-4,9-11H,5-8H2,(H,18,19,20,22). The molecule has 0 radical (unpaired) electrons. The predicted octanol–water partition coefficient (Wildman–Crippen LogP) is 2.88. The third-order valence-electron chi connectivity index (χ3n) is 4.68. The van der Waals surface area contributed by atoms with Gasteiger partial charge in [-0.1, -0.05) is 12.1 Å². The minimum atomic E-state index is 0.357. The van der Waals surface area contributed by atoms with Gasteiger partial charge in [0.2, 0.25) is 0 Å². The average molecular weight is 320 g/mol. The highest BCUT2D eigenvalue weighted by molar-refractivity contribution is 5.86. The van der Waals surface area contributed by atoms with Crippen LogP contribution in [0.3, 0.4) is 0 Å². The number of anilines is 1. The minimum Gasteiger partial charge on any atom is -0.440 e. The lowest BCUT2D eigenvalue weighted by Gasteiger charge is -2.31. The van der Waals surface area contributed by atoms with Crippen molar-refractivity contribution in [1.29, 1.82) is 0 Å². The molecular weight excluding hydrogens is 304 g/mol. The number of nitrogens with one attached hydrogen (secondary N) is 1. The number of aromatic nitrogens is 5. The molecular formula is C17H16N6O. The Balaban J connectivity index is 1.38. The Morgan fingerprint density at radius 1 is 1.12 bits per heavy atom. The summed E-state index contributed by atoms with van der Waals surface area (Å²) in [4.78, 5) is 15.6. The third kappa shape index (κ3) is 2.12. The summed E-state index contributed by atoms with van der Waals surface area (Å²) < 4.78 is 5.94. The van der Waals surface area contributed by atoms with Crippen LogP contribution in [0.2, 0.25) is 0 Å². The molecule has 24 heavy (non-hydrogen) atoms. The summed E-state index contributed by atoms with van der Waals surface area (Å²) in [6, 6.07) is 7.93. The molecule has 7 nitrogen and oxygen atoms in total. The van der Waals surface area contributed by atoms with Gasteiger partial charge in [-0.2, -0.15) is 5.10 Å². The van der Waals surface area contributed by atoms with Gasteiger partial charge in [-0.25, -0.2) is 15.0 Å². The Labute approximate surface area is 137 Å². The Bertz CT molecular complexity index is 965. The number of hydrogen-bond donors (Lipinski definition) is 1. The highest BCUT2D eigenvalue weighted by Gasteiger charge is 2.26. The van der Waals surface area contributed by atoms with Gasteiger partial charge in [0.15, 0.2) is 17.1 Å². The lowest BCUT2D eigenvalue weighted by Crippen LogP contribution is -2.33. The van der Waals surface area contributed by atoms with E-state index >= 15 is 0 Å². The van der Waals surface area contributed by atoms with Crippen molar-refractivity contribution in [2.45, 2.75) is 18.8 Å². The summed E-state index contributed by atoms with van der Waals surface area (Å²) >= 11 is 0. The molecule has 0 atom stereocenters. The number of para-hydroxylation sites is 2. The molecule has 5 rings (SSSR count). The van der Waals surface area contributed by atoms with Crippen LogP contribution in [-0.4, -0.2) is 38.2 Å². The van der Waals surface area contributed by atoms with Gasteiger partial charge < -0.3 is 9.32 Å². The highest BCUT2D eigenvalue weighted by Crippen LogP contribution is 2.32. The normalized spacial score (nSPS) is 16.2. The average Bonchev–Trinajstić information content (AvgIpc) is 3.28. The molecule has 1 saturated heterocycles. The maximum Gasteiger partial charge on any atom is 0.198 e. The topological polar surface area (TPSA) is 83.7 Å². The second-order valence-electron chi connectivity index (χ2n) is 6.11. The van der Waals surface area contributed by atoms with Gasteiger partial charge in [0.1, 0.15) is 17.7 Å². The molecule has 0 saturated carbocycles. The summed E-state index contributed by atoms with van der Waals surface area (Å²) in [7, 11) is 0. The fraction of sp³-hybridized carbons (Fsp3) is 0.294. The van der Waals surface area contributed by atoms with Crippen LogP contribution >= 0.6 is 0 Å². The van der Waals surface area contributed by atoms with Crippen LogP contribution in [0.4, 0.5) is 5.82 Å². The molecule has 1 aliphatic heterocycles. The molecule has 7 heteroatoms. The van der Waals surface area contributed by atoms with Crippen molar-refractivity contribution in [3.05, 3.63) is 42.7 Å². The van der Waals surface area contributed by atoms with Crippen LogP contribution in [0, 0.1) is 0 Å². The molecule has 3 aromatic heterocycles. The van der Waals surface area contributed by atoms with E-state index in [0.29, 0.717) is 5.92 Å². The first-order chi connectivity index (χ1) is 11.9. The van der Waals surface area contributed by atoms with Crippen LogP contribution in [0.5, 0.6) is 0 Å². The number of aromatic amines is 1. The SMILES string of the molecule is c1ccc2oc(C3CCN(c4ncnc5[nH]ncc45)CC3)nc2c1. The first-order valence-corrected chi connectivity index (χ1v) is 8.13. The number of fused-ring (bicyclic) bond motifs is 2. The van der Waals surface area contributed by atoms with E-state index in [1.807, 2.05) is 24.3 Å². The summed E-state index contributed by atoms with van der Waals surface area (Å²) in [6.07, 6.45) is 5.37. The fourth-order valence-corrected chi connectivity index (χ4v) is 3.41. The molecule has 0 unspecified atom stereocenters. The van der Waals surface area contributed by atoms with Crippen LogP contribution in [0.15, 0.2) is 41.2 Å². The summed E-state index contributed by atoms with van der Waals surface area (Å²) in [6.45, 7) is 1.83. The van der Waals surface area contributed by atoms with E-state index in [9.17, 15) is 0 Å². The molecule has 4 aromatic rings. The van der Waals surface area contributed by atoms with Crippen molar-refractivity contribution in [3.63, 3.8) is 0 Å². The van der Waals surface area contributed by atoms with Crippen LogP contribution in [0.1, 0.15) is 24.7 Å². The van der Waals surface area contributed by atoms with E-state index in [4.69, 9.17) is 4.42 Å². The first kappa shape index (κ1) is 13.5. The monoisotopic (exact) mass is 320 g/mol. The maximum absolute atomic E-state index is 5.94. The minimum absolute atomic E-state index is 0.357. The van der Waals surface area contributed by atoms with Crippen LogP contribution < -0.4 is 4.90 Å². The second-order valence-corrected chi connectivity index (χ2v) is 6.11. The molecule has 0 aliphatic carbocycles. The van der Waals surface area contributed by atoms with Crippen molar-refractivity contribution in [3.8, 4) is 0 Å². The van der Waals surface area contributed by atoms with Crippen LogP contribution in [-0.2, 0) is 0 Å². The van der Waals surface area contributed by atoms with Crippen molar-refractivity contribution in [1.82, 2.24) is 25.1 Å². The molecule has 1 N–H and O–H groups in total. The quantitative estimate of drug-likeness (QED) is 0.611. The molecule has 1 aliphatic rings. The van der Waals surface area contributed by atoms with Gasteiger partial charge >= 0.3 is 0 Å². The zero-order chi connectivity index (χ0) is 15.9. The Morgan fingerprint density at radius 3 is 2.88 bits per heavy atom. The number of nitrogens with zero attached hydrogens (tertiary/aromatic N) is 5. The number of rotatable bonds is 2. The molecule has 0 bridgehead atoms. The van der Waals surface area contributed by atoms with E-state index in [-0.39, 0.29) is 0 Å². The van der Waals surface area contributed by atoms with Gasteiger partial charge in [-0.05, 0) is 25.0 Å². The predicted molar refractivity (Wildman–Crippen MR) is 89.9 cm³/mol. The molecule has 1 fully saturated rings. The molecule has 0 amide bonds. The molecule has 0 spiro atoms. The maximum atomic E-state index is 5.94. The smallest absolute Gasteiger partial charge is 0.198 e. The van der Waals surface area contributed by atoms with Crippen molar-refractivity contribution < 1.29 is 4.42 Å². The summed E-state index contributed by atoms with van der Waals surface area (Å²) in [5, 5.41) is 7.93. The third-order valence-corrected chi connectivity index (χ3v) is 4.68. The lowest BCUT2D eigenvalue weighted by molar-refractivity contribution is 0.407. The molecule has 1 aromatic carbocycles. The van der Waals surface area contributed by atoms with E-state index in [1.54, 1.807) is 12.5 Å². The Morgan fingerprint density at radius 2 is 2.00 bits per heavy atom. The van der Waals surface area contributed by atoms with E-state index in [0.717, 1.165) is 59.8 Å². The summed E-state index contributed by atoms with van der Waals surface area (Å²) in [5.41, 5.74) is 2.58. The number of hydrogen-bond acceptors (Lipinski definition) is 6. The Kier molecular flexibility index (Phi) is 2.97. The zero-order valence-corrected chi connectivity index (χ0v) is 13.0. The second kappa shape index (κ2) is 5.30. The van der Waals surface area contributed by atoms with E-state index in [1.165, 1.54) is 0 Å². The van der Waals surface area contributed by atoms with Gasteiger partial charge in [0.05, 0.1) is 11.6 Å².